The van der Waals surface area contributed by atoms with Crippen LogP contribution in [0.4, 0.5) is 5.69 Å². The maximum absolute atomic E-state index is 5.96. The Bertz CT molecular complexity index is 451. The van der Waals surface area contributed by atoms with Crippen molar-refractivity contribution in [3.05, 3.63) is 12.1 Å². The summed E-state index contributed by atoms with van der Waals surface area (Å²) >= 11 is 0. The summed E-state index contributed by atoms with van der Waals surface area (Å²) in [6.45, 7) is 4.77. The number of ether oxygens (including phenoxy) is 3. The van der Waals surface area contributed by atoms with Crippen LogP contribution in [0.25, 0.3) is 0 Å². The van der Waals surface area contributed by atoms with E-state index in [1.165, 1.54) is 0 Å². The fraction of sp³-hybridized carbons (Fsp3) is 0.688. The van der Waals surface area contributed by atoms with Crippen LogP contribution in [0.1, 0.15) is 39.5 Å². The number of hydrogen-bond acceptors (Lipinski definition) is 5. The molecule has 0 saturated heterocycles. The first kappa shape index (κ1) is 15.9. The molecule has 1 aromatic heterocycles. The van der Waals surface area contributed by atoms with Gasteiger partial charge in [0.15, 0.2) is 0 Å². The minimum atomic E-state index is 0.151. The van der Waals surface area contributed by atoms with Crippen molar-refractivity contribution in [3.8, 4) is 11.8 Å². The largest absolute Gasteiger partial charge is 0.476 e. The van der Waals surface area contributed by atoms with E-state index >= 15 is 0 Å². The van der Waals surface area contributed by atoms with E-state index < -0.39 is 0 Å². The fourth-order valence-electron chi connectivity index (χ4n) is 2.46. The molecule has 2 atom stereocenters. The molecule has 2 N–H and O–H groups in total. The Balaban J connectivity index is 1.98. The second-order valence-corrected chi connectivity index (χ2v) is 6.01. The number of rotatable bonds is 6. The molecule has 5 heteroatoms. The zero-order valence-corrected chi connectivity index (χ0v) is 13.2. The van der Waals surface area contributed by atoms with E-state index in [4.69, 9.17) is 19.9 Å². The van der Waals surface area contributed by atoms with Crippen LogP contribution >= 0.6 is 0 Å². The molecule has 0 spiro atoms. The topological polar surface area (TPSA) is 66.6 Å². The zero-order chi connectivity index (χ0) is 15.2. The maximum Gasteiger partial charge on any atom is 0.240 e. The molecule has 0 amide bonds. The summed E-state index contributed by atoms with van der Waals surface area (Å²) in [7, 11) is 1.76. The second-order valence-electron chi connectivity index (χ2n) is 6.01. The molecule has 118 valence electrons. The lowest BCUT2D eigenvalue weighted by atomic mass is 9.95. The second kappa shape index (κ2) is 7.50. The van der Waals surface area contributed by atoms with Gasteiger partial charge < -0.3 is 19.9 Å². The van der Waals surface area contributed by atoms with Gasteiger partial charge in [0.2, 0.25) is 11.8 Å². The number of nitrogens with two attached hydrogens (primary N) is 1. The number of methoxy groups -OCH3 is 1. The molecule has 2 unspecified atom stereocenters. The van der Waals surface area contributed by atoms with E-state index in [1.807, 2.05) is 0 Å². The zero-order valence-electron chi connectivity index (χ0n) is 13.2. The summed E-state index contributed by atoms with van der Waals surface area (Å²) in [5, 5.41) is 0. The van der Waals surface area contributed by atoms with Crippen LogP contribution in [0, 0.1) is 5.92 Å². The highest BCUT2D eigenvalue weighted by atomic mass is 16.5. The van der Waals surface area contributed by atoms with Gasteiger partial charge in [0.1, 0.15) is 6.10 Å². The molecule has 1 aliphatic carbocycles. The van der Waals surface area contributed by atoms with Gasteiger partial charge in [-0.1, -0.05) is 13.8 Å². The van der Waals surface area contributed by atoms with Gasteiger partial charge in [0, 0.05) is 19.6 Å². The molecule has 1 saturated carbocycles. The fourth-order valence-corrected chi connectivity index (χ4v) is 2.46. The molecule has 1 aromatic rings. The normalized spacial score (nSPS) is 22.3. The maximum atomic E-state index is 5.96. The third-order valence-corrected chi connectivity index (χ3v) is 3.62. The highest BCUT2D eigenvalue weighted by molar-refractivity contribution is 5.49. The number of aromatic nitrogens is 1. The van der Waals surface area contributed by atoms with Crippen LogP contribution in [0.3, 0.4) is 0 Å². The first-order valence-corrected chi connectivity index (χ1v) is 7.67. The molecule has 0 radical (unpaired) electrons. The van der Waals surface area contributed by atoms with Crippen LogP contribution < -0.4 is 15.2 Å². The molecular weight excluding hydrogens is 268 g/mol. The van der Waals surface area contributed by atoms with Crippen LogP contribution in [-0.2, 0) is 4.74 Å². The Morgan fingerprint density at radius 2 is 2.05 bits per heavy atom. The van der Waals surface area contributed by atoms with Gasteiger partial charge in [-0.15, -0.1) is 0 Å². The first-order valence-electron chi connectivity index (χ1n) is 7.67. The van der Waals surface area contributed by atoms with E-state index in [0.717, 1.165) is 25.7 Å². The molecule has 0 bridgehead atoms. The predicted octanol–water partition coefficient (Wildman–Crippen LogP) is 3.04. The summed E-state index contributed by atoms with van der Waals surface area (Å²) < 4.78 is 17.0. The average molecular weight is 294 g/mol. The third kappa shape index (κ3) is 4.77. The smallest absolute Gasteiger partial charge is 0.240 e. The average Bonchev–Trinajstić information content (AvgIpc) is 2.48. The predicted molar refractivity (Wildman–Crippen MR) is 82.7 cm³/mol. The number of pyridine rings is 1. The van der Waals surface area contributed by atoms with Gasteiger partial charge in [-0.3, -0.25) is 0 Å². The lowest BCUT2D eigenvalue weighted by Gasteiger charge is -2.28. The van der Waals surface area contributed by atoms with Crippen LogP contribution in [0.5, 0.6) is 11.8 Å². The van der Waals surface area contributed by atoms with Gasteiger partial charge in [0.25, 0.3) is 0 Å². The van der Waals surface area contributed by atoms with Gasteiger partial charge >= 0.3 is 0 Å². The number of anilines is 1. The van der Waals surface area contributed by atoms with E-state index in [1.54, 1.807) is 19.2 Å². The van der Waals surface area contributed by atoms with Gasteiger partial charge in [0.05, 0.1) is 18.4 Å². The van der Waals surface area contributed by atoms with E-state index in [0.29, 0.717) is 30.0 Å². The van der Waals surface area contributed by atoms with E-state index in [2.05, 4.69) is 18.8 Å². The molecule has 1 heterocycles. The number of nitrogen functional groups attached to an aromatic ring is 1. The van der Waals surface area contributed by atoms with Crippen molar-refractivity contribution in [1.82, 2.24) is 4.98 Å². The number of hydrogen-bond donors (Lipinski definition) is 1. The van der Waals surface area contributed by atoms with Crippen molar-refractivity contribution in [2.24, 2.45) is 5.92 Å². The molecule has 1 aliphatic rings. The standard InChI is InChI=1S/C16H26N2O3/c1-11(2)10-20-16-14(17)7-8-15(18-16)21-13-6-4-5-12(9-13)19-3/h7-8,11-13H,4-6,9-10,17H2,1-3H3. The van der Waals surface area contributed by atoms with Crippen molar-refractivity contribution in [1.29, 1.82) is 0 Å². The van der Waals surface area contributed by atoms with E-state index in [-0.39, 0.29) is 12.2 Å². The molecule has 5 nitrogen and oxygen atoms in total. The molecule has 0 aromatic carbocycles. The lowest BCUT2D eigenvalue weighted by Crippen LogP contribution is -2.29. The van der Waals surface area contributed by atoms with Gasteiger partial charge in [-0.25, -0.2) is 0 Å². The SMILES string of the molecule is COC1CCCC(Oc2ccc(N)c(OCC(C)C)n2)C1. The first-order chi connectivity index (χ1) is 10.1. The quantitative estimate of drug-likeness (QED) is 0.873. The minimum absolute atomic E-state index is 0.151. The van der Waals surface area contributed by atoms with Crippen molar-refractivity contribution < 1.29 is 14.2 Å². The lowest BCUT2D eigenvalue weighted by molar-refractivity contribution is 0.0193. The summed E-state index contributed by atoms with van der Waals surface area (Å²) in [5.74, 6) is 1.46. The highest BCUT2D eigenvalue weighted by Crippen LogP contribution is 2.27. The monoisotopic (exact) mass is 294 g/mol. The minimum Gasteiger partial charge on any atom is -0.476 e. The summed E-state index contributed by atoms with van der Waals surface area (Å²) in [6, 6.07) is 3.59. The molecule has 2 rings (SSSR count). The Hall–Kier alpha value is -1.49. The van der Waals surface area contributed by atoms with Crippen LogP contribution in [-0.4, -0.2) is 30.9 Å². The van der Waals surface area contributed by atoms with Crippen molar-refractivity contribution in [2.45, 2.75) is 51.7 Å². The van der Waals surface area contributed by atoms with Crippen molar-refractivity contribution >= 4 is 5.69 Å². The third-order valence-electron chi connectivity index (χ3n) is 3.62. The highest BCUT2D eigenvalue weighted by Gasteiger charge is 2.23. The van der Waals surface area contributed by atoms with Crippen LogP contribution in [0.2, 0.25) is 0 Å². The molecule has 21 heavy (non-hydrogen) atoms. The Labute approximate surface area is 126 Å². The van der Waals surface area contributed by atoms with Crippen molar-refractivity contribution in [3.63, 3.8) is 0 Å². The Morgan fingerprint density at radius 1 is 1.29 bits per heavy atom. The summed E-state index contributed by atoms with van der Waals surface area (Å²) in [4.78, 5) is 4.38. The Morgan fingerprint density at radius 3 is 2.76 bits per heavy atom. The summed E-state index contributed by atoms with van der Waals surface area (Å²) in [5.41, 5.74) is 6.43. The molecular formula is C16H26N2O3. The molecule has 1 fully saturated rings. The van der Waals surface area contributed by atoms with Crippen molar-refractivity contribution in [2.75, 3.05) is 19.5 Å². The Kier molecular flexibility index (Phi) is 5.67. The van der Waals surface area contributed by atoms with Gasteiger partial charge in [-0.05, 0) is 31.2 Å². The number of nitrogens with zero attached hydrogens (tertiary/aromatic N) is 1. The van der Waals surface area contributed by atoms with Crippen LogP contribution in [0.15, 0.2) is 12.1 Å². The van der Waals surface area contributed by atoms with Gasteiger partial charge in [-0.2, -0.15) is 4.98 Å². The molecule has 0 aliphatic heterocycles. The van der Waals surface area contributed by atoms with E-state index in [9.17, 15) is 0 Å². The summed E-state index contributed by atoms with van der Waals surface area (Å²) in [6.07, 6.45) is 4.61.